The van der Waals surface area contributed by atoms with Crippen LogP contribution in [0.3, 0.4) is 0 Å². The van der Waals surface area contributed by atoms with Gasteiger partial charge >= 0.3 is 0 Å². The molecular weight excluding hydrogens is 271 g/mol. The minimum atomic E-state index is -0.638. The number of carbonyl (C=O) groups excluding carboxylic acids is 1. The predicted octanol–water partition coefficient (Wildman–Crippen LogP) is 1.68. The lowest BCUT2D eigenvalue weighted by Crippen LogP contribution is -2.50. The standard InChI is InChI=1S/C13H16ClFN2O2/c1-9(13(18)17-6-4-16-5-7-17)19-12-3-2-10(15)8-11(12)14/h2-3,8-9,16H,4-7H2,1H3/t9-/m1/s1. The third-order valence-corrected chi connectivity index (χ3v) is 3.27. The highest BCUT2D eigenvalue weighted by atomic mass is 35.5. The van der Waals surface area contributed by atoms with Crippen molar-refractivity contribution in [3.63, 3.8) is 0 Å². The van der Waals surface area contributed by atoms with Crippen molar-refractivity contribution in [1.29, 1.82) is 0 Å². The molecule has 0 unspecified atom stereocenters. The molecule has 2 rings (SSSR count). The number of nitrogens with one attached hydrogen (secondary N) is 1. The maximum Gasteiger partial charge on any atom is 0.263 e. The molecule has 1 saturated heterocycles. The van der Waals surface area contributed by atoms with Gasteiger partial charge in [0, 0.05) is 26.2 Å². The van der Waals surface area contributed by atoms with E-state index >= 15 is 0 Å². The summed E-state index contributed by atoms with van der Waals surface area (Å²) in [5.41, 5.74) is 0. The second kappa shape index (κ2) is 6.21. The zero-order chi connectivity index (χ0) is 13.8. The molecule has 104 valence electrons. The molecular formula is C13H16ClFN2O2. The van der Waals surface area contributed by atoms with Crippen LogP contribution in [0.15, 0.2) is 18.2 Å². The summed E-state index contributed by atoms with van der Waals surface area (Å²) in [6.45, 7) is 4.59. The minimum Gasteiger partial charge on any atom is -0.479 e. The Labute approximate surface area is 116 Å². The van der Waals surface area contributed by atoms with Crippen molar-refractivity contribution in [1.82, 2.24) is 10.2 Å². The summed E-state index contributed by atoms with van der Waals surface area (Å²) in [5.74, 6) is -0.195. The van der Waals surface area contributed by atoms with E-state index in [2.05, 4.69) is 5.32 Å². The Morgan fingerprint density at radius 2 is 2.16 bits per heavy atom. The number of hydrogen-bond donors (Lipinski definition) is 1. The van der Waals surface area contributed by atoms with Crippen LogP contribution in [0.25, 0.3) is 0 Å². The van der Waals surface area contributed by atoms with Gasteiger partial charge in [-0.15, -0.1) is 0 Å². The van der Waals surface area contributed by atoms with Crippen LogP contribution in [0.5, 0.6) is 5.75 Å². The molecule has 0 aromatic heterocycles. The molecule has 0 aliphatic carbocycles. The number of piperazine rings is 1. The third kappa shape index (κ3) is 3.58. The molecule has 1 aliphatic rings. The predicted molar refractivity (Wildman–Crippen MR) is 70.9 cm³/mol. The number of hydrogen-bond acceptors (Lipinski definition) is 3. The van der Waals surface area contributed by atoms with Crippen molar-refractivity contribution in [3.05, 3.63) is 29.0 Å². The van der Waals surface area contributed by atoms with Crippen LogP contribution in [-0.4, -0.2) is 43.1 Å². The number of amides is 1. The molecule has 0 bridgehead atoms. The molecule has 0 saturated carbocycles. The smallest absolute Gasteiger partial charge is 0.263 e. The molecule has 0 radical (unpaired) electrons. The van der Waals surface area contributed by atoms with E-state index < -0.39 is 11.9 Å². The Kier molecular flexibility index (Phi) is 4.61. The quantitative estimate of drug-likeness (QED) is 0.919. The number of rotatable bonds is 3. The lowest BCUT2D eigenvalue weighted by Gasteiger charge is -2.29. The number of benzene rings is 1. The van der Waals surface area contributed by atoms with Crippen LogP contribution in [0, 0.1) is 5.82 Å². The van der Waals surface area contributed by atoms with E-state index in [1.165, 1.54) is 18.2 Å². The highest BCUT2D eigenvalue weighted by Crippen LogP contribution is 2.26. The molecule has 1 atom stereocenters. The third-order valence-electron chi connectivity index (χ3n) is 2.97. The Balaban J connectivity index is 1.99. The van der Waals surface area contributed by atoms with Crippen LogP contribution >= 0.6 is 11.6 Å². The van der Waals surface area contributed by atoms with Crippen molar-refractivity contribution in [2.45, 2.75) is 13.0 Å². The van der Waals surface area contributed by atoms with E-state index in [4.69, 9.17) is 16.3 Å². The summed E-state index contributed by atoms with van der Waals surface area (Å²) in [5, 5.41) is 3.34. The largest absolute Gasteiger partial charge is 0.479 e. The summed E-state index contributed by atoms with van der Waals surface area (Å²) in [6.07, 6.45) is -0.638. The molecule has 6 heteroatoms. The molecule has 1 aromatic carbocycles. The summed E-state index contributed by atoms with van der Waals surface area (Å²) in [7, 11) is 0. The van der Waals surface area contributed by atoms with Crippen molar-refractivity contribution in [2.24, 2.45) is 0 Å². The molecule has 19 heavy (non-hydrogen) atoms. The molecule has 4 nitrogen and oxygen atoms in total. The fraction of sp³-hybridized carbons (Fsp3) is 0.462. The van der Waals surface area contributed by atoms with Gasteiger partial charge in [-0.1, -0.05) is 11.6 Å². The van der Waals surface area contributed by atoms with Crippen molar-refractivity contribution in [3.8, 4) is 5.75 Å². The summed E-state index contributed by atoms with van der Waals surface area (Å²) >= 11 is 5.86. The summed E-state index contributed by atoms with van der Waals surface area (Å²) in [6, 6.07) is 3.85. The second-order valence-electron chi connectivity index (χ2n) is 4.41. The van der Waals surface area contributed by atoms with Crippen LogP contribution in [0.1, 0.15) is 6.92 Å². The van der Waals surface area contributed by atoms with Crippen molar-refractivity contribution in [2.75, 3.05) is 26.2 Å². The fourth-order valence-corrected chi connectivity index (χ4v) is 2.17. The van der Waals surface area contributed by atoms with Gasteiger partial charge in [0.15, 0.2) is 6.10 Å². The maximum atomic E-state index is 12.9. The van der Waals surface area contributed by atoms with Gasteiger partial charge in [0.2, 0.25) is 0 Å². The maximum absolute atomic E-state index is 12.9. The molecule has 0 spiro atoms. The normalized spacial score (nSPS) is 17.1. The second-order valence-corrected chi connectivity index (χ2v) is 4.82. The van der Waals surface area contributed by atoms with Gasteiger partial charge in [-0.3, -0.25) is 4.79 Å². The Morgan fingerprint density at radius 3 is 2.79 bits per heavy atom. The summed E-state index contributed by atoms with van der Waals surface area (Å²) < 4.78 is 18.4. The van der Waals surface area contributed by atoms with E-state index in [1.807, 2.05) is 0 Å². The highest BCUT2D eigenvalue weighted by molar-refractivity contribution is 6.32. The van der Waals surface area contributed by atoms with Gasteiger partial charge in [-0.05, 0) is 25.1 Å². The lowest BCUT2D eigenvalue weighted by atomic mass is 10.2. The zero-order valence-electron chi connectivity index (χ0n) is 10.7. The SMILES string of the molecule is C[C@@H](Oc1ccc(F)cc1Cl)C(=O)N1CCNCC1. The topological polar surface area (TPSA) is 41.6 Å². The fourth-order valence-electron chi connectivity index (χ4n) is 1.95. The van der Waals surface area contributed by atoms with E-state index in [0.29, 0.717) is 18.8 Å². The van der Waals surface area contributed by atoms with E-state index in [-0.39, 0.29) is 10.9 Å². The van der Waals surface area contributed by atoms with Crippen molar-refractivity contribution >= 4 is 17.5 Å². The van der Waals surface area contributed by atoms with Gasteiger partial charge < -0.3 is 15.0 Å². The van der Waals surface area contributed by atoms with Gasteiger partial charge in [0.1, 0.15) is 11.6 Å². The minimum absolute atomic E-state index is 0.0816. The van der Waals surface area contributed by atoms with Crippen LogP contribution in [-0.2, 0) is 4.79 Å². The first-order valence-corrected chi connectivity index (χ1v) is 6.57. The average molecular weight is 287 g/mol. The molecule has 1 heterocycles. The first kappa shape index (κ1) is 14.1. The number of ether oxygens (including phenoxy) is 1. The first-order chi connectivity index (χ1) is 9.08. The van der Waals surface area contributed by atoms with Gasteiger partial charge in [-0.2, -0.15) is 0 Å². The first-order valence-electron chi connectivity index (χ1n) is 6.19. The Morgan fingerprint density at radius 1 is 1.47 bits per heavy atom. The van der Waals surface area contributed by atoms with Gasteiger partial charge in [0.05, 0.1) is 5.02 Å². The number of halogens is 2. The monoisotopic (exact) mass is 286 g/mol. The lowest BCUT2D eigenvalue weighted by molar-refractivity contribution is -0.138. The average Bonchev–Trinajstić information content (AvgIpc) is 2.42. The highest BCUT2D eigenvalue weighted by Gasteiger charge is 2.23. The molecule has 1 fully saturated rings. The van der Waals surface area contributed by atoms with E-state index in [1.54, 1.807) is 11.8 Å². The molecule has 1 amide bonds. The molecule has 1 aliphatic heterocycles. The molecule has 1 aromatic rings. The summed E-state index contributed by atoms with van der Waals surface area (Å²) in [4.78, 5) is 13.9. The molecule has 1 N–H and O–H groups in total. The number of carbonyl (C=O) groups is 1. The van der Waals surface area contributed by atoms with Crippen LogP contribution in [0.2, 0.25) is 5.02 Å². The van der Waals surface area contributed by atoms with Crippen LogP contribution < -0.4 is 10.1 Å². The van der Waals surface area contributed by atoms with Gasteiger partial charge in [0.25, 0.3) is 5.91 Å². The van der Waals surface area contributed by atoms with E-state index in [9.17, 15) is 9.18 Å². The zero-order valence-corrected chi connectivity index (χ0v) is 11.4. The Bertz CT molecular complexity index is 464. The van der Waals surface area contributed by atoms with Crippen molar-refractivity contribution < 1.29 is 13.9 Å². The van der Waals surface area contributed by atoms with Gasteiger partial charge in [-0.25, -0.2) is 4.39 Å². The van der Waals surface area contributed by atoms with E-state index in [0.717, 1.165) is 13.1 Å². The van der Waals surface area contributed by atoms with Crippen LogP contribution in [0.4, 0.5) is 4.39 Å². The Hall–Kier alpha value is -1.33. The number of nitrogens with zero attached hydrogens (tertiary/aromatic N) is 1.